The van der Waals surface area contributed by atoms with E-state index in [1.807, 2.05) is 0 Å². The Morgan fingerprint density at radius 3 is 2.14 bits per heavy atom. The number of carbonyl (C=O) groups excluding carboxylic acids is 2. The molecule has 0 saturated carbocycles. The third kappa shape index (κ3) is 4.23. The summed E-state index contributed by atoms with van der Waals surface area (Å²) in [5.74, 6) is -1.35. The summed E-state index contributed by atoms with van der Waals surface area (Å²) in [5.41, 5.74) is 0.337. The number of benzene rings is 1. The second-order valence-corrected chi connectivity index (χ2v) is 2.31. The molecule has 1 radical (unpaired) electrons. The van der Waals surface area contributed by atoms with Gasteiger partial charge >= 0.3 is 11.9 Å². The van der Waals surface area contributed by atoms with Gasteiger partial charge in [0.1, 0.15) is 0 Å². The van der Waals surface area contributed by atoms with Gasteiger partial charge in [-0.25, -0.2) is 19.4 Å². The van der Waals surface area contributed by atoms with Crippen molar-refractivity contribution in [1.82, 2.24) is 0 Å². The third-order valence-electron chi connectivity index (χ3n) is 1.24. The van der Waals surface area contributed by atoms with Crippen LogP contribution in [0.2, 0.25) is 0 Å². The van der Waals surface area contributed by atoms with Crippen molar-refractivity contribution < 1.29 is 41.7 Å². The summed E-state index contributed by atoms with van der Waals surface area (Å²) in [7, 11) is 0. The maximum atomic E-state index is 11.0. The second-order valence-electron chi connectivity index (χ2n) is 2.31. The van der Waals surface area contributed by atoms with E-state index in [1.165, 1.54) is 0 Å². The molecule has 1 rings (SSSR count). The summed E-state index contributed by atoms with van der Waals surface area (Å²) in [4.78, 5) is 29.6. The molecule has 0 heterocycles. The molecule has 0 unspecified atom stereocenters. The molecule has 0 atom stereocenters. The molecule has 14 heavy (non-hydrogen) atoms. The molecular formula is C9H8AgO4. The summed E-state index contributed by atoms with van der Waals surface area (Å²) < 4.78 is 0. The van der Waals surface area contributed by atoms with Gasteiger partial charge in [0.25, 0.3) is 0 Å². The molecule has 5 heteroatoms. The van der Waals surface area contributed by atoms with Crippen molar-refractivity contribution in [3.05, 3.63) is 35.9 Å². The zero-order valence-electron chi connectivity index (χ0n) is 7.32. The minimum atomic E-state index is -0.684. The van der Waals surface area contributed by atoms with Gasteiger partial charge in [-0.3, -0.25) is 0 Å². The Balaban J connectivity index is 0.00000169. The Morgan fingerprint density at radius 2 is 1.64 bits per heavy atom. The van der Waals surface area contributed by atoms with Crippen LogP contribution in [-0.4, -0.2) is 11.9 Å². The summed E-state index contributed by atoms with van der Waals surface area (Å²) >= 11 is 0. The van der Waals surface area contributed by atoms with E-state index in [4.69, 9.17) is 0 Å². The molecular weight excluding hydrogens is 280 g/mol. The van der Waals surface area contributed by atoms with Crippen molar-refractivity contribution in [2.75, 3.05) is 0 Å². The first-order valence-electron chi connectivity index (χ1n) is 3.64. The average molecular weight is 288 g/mol. The molecule has 0 aromatic heterocycles. The van der Waals surface area contributed by atoms with Crippen molar-refractivity contribution in [3.63, 3.8) is 0 Å². The predicted octanol–water partition coefficient (Wildman–Crippen LogP) is 1.32. The van der Waals surface area contributed by atoms with E-state index in [9.17, 15) is 9.59 Å². The van der Waals surface area contributed by atoms with Crippen molar-refractivity contribution in [2.45, 2.75) is 6.92 Å². The Bertz CT molecular complexity index is 310. The molecule has 0 aliphatic heterocycles. The van der Waals surface area contributed by atoms with Gasteiger partial charge in [0.2, 0.25) is 0 Å². The quantitative estimate of drug-likeness (QED) is 0.444. The van der Waals surface area contributed by atoms with E-state index in [2.05, 4.69) is 9.78 Å². The van der Waals surface area contributed by atoms with Crippen LogP contribution in [0.3, 0.4) is 0 Å². The maximum absolute atomic E-state index is 11.0. The van der Waals surface area contributed by atoms with Crippen LogP contribution in [0.25, 0.3) is 0 Å². The van der Waals surface area contributed by atoms with Crippen LogP contribution >= 0.6 is 0 Å². The first-order valence-corrected chi connectivity index (χ1v) is 3.64. The Labute approximate surface area is 96.6 Å². The zero-order valence-corrected chi connectivity index (χ0v) is 8.80. The van der Waals surface area contributed by atoms with Crippen LogP contribution in [0.1, 0.15) is 17.3 Å². The zero-order chi connectivity index (χ0) is 9.68. The molecule has 0 spiro atoms. The number of rotatable bonds is 1. The molecule has 0 fully saturated rings. The molecule has 0 bridgehead atoms. The Kier molecular flexibility index (Phi) is 5.87. The van der Waals surface area contributed by atoms with E-state index in [1.54, 1.807) is 30.3 Å². The first-order chi connectivity index (χ1) is 6.20. The normalized spacial score (nSPS) is 8.36. The standard InChI is InChI=1S/C9H8O4.Ag/c1-7(10)12-13-9(11)8-5-3-2-4-6-8;/h2-6H,1H3;. The largest absolute Gasteiger partial charge is 0.386 e. The topological polar surface area (TPSA) is 52.6 Å². The maximum Gasteiger partial charge on any atom is 0.386 e. The Morgan fingerprint density at radius 1 is 1.07 bits per heavy atom. The van der Waals surface area contributed by atoms with E-state index >= 15 is 0 Å². The number of hydrogen-bond acceptors (Lipinski definition) is 4. The van der Waals surface area contributed by atoms with Crippen LogP contribution < -0.4 is 0 Å². The van der Waals surface area contributed by atoms with E-state index in [-0.39, 0.29) is 22.4 Å². The van der Waals surface area contributed by atoms with Gasteiger partial charge in [-0.05, 0) is 12.1 Å². The van der Waals surface area contributed by atoms with Crippen molar-refractivity contribution in [1.29, 1.82) is 0 Å². The van der Waals surface area contributed by atoms with Crippen molar-refractivity contribution in [3.8, 4) is 0 Å². The molecule has 0 N–H and O–H groups in total. The van der Waals surface area contributed by atoms with Crippen LogP contribution in [0, 0.1) is 0 Å². The first kappa shape index (κ1) is 12.9. The average Bonchev–Trinajstić information content (AvgIpc) is 2.15. The number of hydrogen-bond donors (Lipinski definition) is 0. The minimum Gasteiger partial charge on any atom is -0.248 e. The summed E-state index contributed by atoms with van der Waals surface area (Å²) in [5, 5.41) is 0. The summed E-state index contributed by atoms with van der Waals surface area (Å²) in [6.45, 7) is 1.15. The van der Waals surface area contributed by atoms with E-state index in [0.717, 1.165) is 6.92 Å². The second kappa shape index (κ2) is 6.37. The SMILES string of the molecule is CC(=O)OOC(=O)c1ccccc1.[Ag]. The molecule has 1 aromatic carbocycles. The summed E-state index contributed by atoms with van der Waals surface area (Å²) in [6.07, 6.45) is 0. The van der Waals surface area contributed by atoms with Gasteiger partial charge in [-0.1, -0.05) is 18.2 Å². The molecule has 0 aliphatic carbocycles. The van der Waals surface area contributed by atoms with Crippen LogP contribution in [-0.2, 0) is 36.9 Å². The molecule has 0 saturated heterocycles. The van der Waals surface area contributed by atoms with Gasteiger partial charge in [0.15, 0.2) is 0 Å². The third-order valence-corrected chi connectivity index (χ3v) is 1.24. The molecule has 79 valence electrons. The van der Waals surface area contributed by atoms with Gasteiger partial charge in [-0.2, -0.15) is 0 Å². The summed E-state index contributed by atoms with van der Waals surface area (Å²) in [6, 6.07) is 8.26. The van der Waals surface area contributed by atoms with Crippen LogP contribution in [0.4, 0.5) is 0 Å². The van der Waals surface area contributed by atoms with Gasteiger partial charge in [0, 0.05) is 29.3 Å². The van der Waals surface area contributed by atoms with Crippen LogP contribution in [0.15, 0.2) is 30.3 Å². The van der Waals surface area contributed by atoms with Gasteiger partial charge in [0.05, 0.1) is 5.56 Å². The molecule has 0 aliphatic rings. The number of carbonyl (C=O) groups is 2. The van der Waals surface area contributed by atoms with Crippen LogP contribution in [0.5, 0.6) is 0 Å². The van der Waals surface area contributed by atoms with E-state index < -0.39 is 11.9 Å². The monoisotopic (exact) mass is 287 g/mol. The van der Waals surface area contributed by atoms with E-state index in [0.29, 0.717) is 5.56 Å². The molecule has 0 amide bonds. The van der Waals surface area contributed by atoms with Crippen molar-refractivity contribution >= 4 is 11.9 Å². The minimum absolute atomic E-state index is 0. The fraction of sp³-hybridized carbons (Fsp3) is 0.111. The fourth-order valence-electron chi connectivity index (χ4n) is 0.719. The predicted molar refractivity (Wildman–Crippen MR) is 43.6 cm³/mol. The molecule has 1 aromatic rings. The van der Waals surface area contributed by atoms with Gasteiger partial charge < -0.3 is 0 Å². The smallest absolute Gasteiger partial charge is 0.248 e. The van der Waals surface area contributed by atoms with Gasteiger partial charge in [-0.15, -0.1) is 0 Å². The Hall–Kier alpha value is -1.10. The molecule has 4 nitrogen and oxygen atoms in total. The van der Waals surface area contributed by atoms with Crippen molar-refractivity contribution in [2.24, 2.45) is 0 Å². The fourth-order valence-corrected chi connectivity index (χ4v) is 0.719.